The van der Waals surface area contributed by atoms with Crippen LogP contribution in [0.4, 0.5) is 5.82 Å². The summed E-state index contributed by atoms with van der Waals surface area (Å²) in [5.74, 6) is 0.488. The second-order valence-corrected chi connectivity index (χ2v) is 10.0. The molecule has 6 rings (SSSR count). The van der Waals surface area contributed by atoms with Crippen molar-refractivity contribution < 1.29 is 9.59 Å². The van der Waals surface area contributed by atoms with Crippen molar-refractivity contribution in [1.29, 1.82) is 0 Å². The van der Waals surface area contributed by atoms with E-state index in [1.807, 2.05) is 39.6 Å². The van der Waals surface area contributed by atoms with Crippen LogP contribution in [-0.4, -0.2) is 43.7 Å². The van der Waals surface area contributed by atoms with E-state index in [0.717, 1.165) is 29.3 Å². The summed E-state index contributed by atoms with van der Waals surface area (Å²) in [6.45, 7) is 0.714. The number of aromatic nitrogens is 3. The highest BCUT2D eigenvalue weighted by Gasteiger charge is 2.45. The first-order valence-electron chi connectivity index (χ1n) is 10.5. The number of anilines is 1. The number of hydrogen-bond acceptors (Lipinski definition) is 4. The Morgan fingerprint density at radius 1 is 1.12 bits per heavy atom. The van der Waals surface area contributed by atoms with Crippen molar-refractivity contribution in [3.05, 3.63) is 63.6 Å². The minimum Gasteiger partial charge on any atom is -0.335 e. The van der Waals surface area contributed by atoms with Crippen molar-refractivity contribution >= 4 is 61.2 Å². The highest BCUT2D eigenvalue weighted by molar-refractivity contribution is 9.10. The molecule has 3 aliphatic rings. The number of halogens is 2. The third kappa shape index (κ3) is 4.36. The molecule has 7 nitrogen and oxygen atoms in total. The Morgan fingerprint density at radius 3 is 2.72 bits per heavy atom. The van der Waals surface area contributed by atoms with Gasteiger partial charge in [-0.1, -0.05) is 28.1 Å². The summed E-state index contributed by atoms with van der Waals surface area (Å²) in [5.41, 5.74) is 1.62. The van der Waals surface area contributed by atoms with Crippen molar-refractivity contribution in [2.24, 2.45) is 11.8 Å². The van der Waals surface area contributed by atoms with Crippen LogP contribution in [0.2, 0.25) is 0 Å². The van der Waals surface area contributed by atoms with E-state index in [1.165, 1.54) is 0 Å². The summed E-state index contributed by atoms with van der Waals surface area (Å²) in [6, 6.07) is 7.71. The zero-order valence-corrected chi connectivity index (χ0v) is 20.3. The summed E-state index contributed by atoms with van der Waals surface area (Å²) in [4.78, 5) is 36.6. The number of benzene rings is 1. The first-order valence-corrected chi connectivity index (χ1v) is 12.1. The lowest BCUT2D eigenvalue weighted by molar-refractivity contribution is -0.140. The van der Waals surface area contributed by atoms with E-state index in [0.29, 0.717) is 28.5 Å². The summed E-state index contributed by atoms with van der Waals surface area (Å²) in [5, 5.41) is 2.95. The van der Waals surface area contributed by atoms with Gasteiger partial charge in [0.1, 0.15) is 4.60 Å². The van der Waals surface area contributed by atoms with Crippen LogP contribution in [0.15, 0.2) is 58.0 Å². The number of amides is 2. The molecule has 0 radical (unpaired) electrons. The quantitative estimate of drug-likeness (QED) is 0.477. The molecule has 2 amide bonds. The number of imidazole rings is 1. The molecule has 0 spiro atoms. The van der Waals surface area contributed by atoms with Gasteiger partial charge in [0.2, 0.25) is 11.8 Å². The molecular weight excluding hydrogens is 538 g/mol. The minimum atomic E-state index is -0.234. The van der Waals surface area contributed by atoms with Gasteiger partial charge in [-0.25, -0.2) is 9.97 Å². The fourth-order valence-corrected chi connectivity index (χ4v) is 5.31. The molecule has 1 aliphatic carbocycles. The highest BCUT2D eigenvalue weighted by Crippen LogP contribution is 2.39. The Morgan fingerprint density at radius 2 is 1.94 bits per heavy atom. The van der Waals surface area contributed by atoms with Gasteiger partial charge in [0.05, 0.1) is 18.3 Å². The van der Waals surface area contributed by atoms with E-state index in [4.69, 9.17) is 0 Å². The van der Waals surface area contributed by atoms with E-state index in [2.05, 4.69) is 47.1 Å². The summed E-state index contributed by atoms with van der Waals surface area (Å²) < 4.78 is 3.50. The largest absolute Gasteiger partial charge is 0.335 e. The lowest BCUT2D eigenvalue weighted by atomic mass is 9.72. The Balaban J connectivity index is 1.29. The average Bonchev–Trinajstić information content (AvgIpc) is 3.20. The fourth-order valence-electron chi connectivity index (χ4n) is 4.72. The number of nitrogens with one attached hydrogen (secondary N) is 1. The van der Waals surface area contributed by atoms with Gasteiger partial charge in [-0.3, -0.25) is 9.59 Å². The van der Waals surface area contributed by atoms with Gasteiger partial charge in [-0.05, 0) is 64.9 Å². The van der Waals surface area contributed by atoms with Crippen LogP contribution >= 0.6 is 31.9 Å². The Hall–Kier alpha value is -2.52. The third-order valence-corrected chi connectivity index (χ3v) is 7.19. The normalized spacial score (nSPS) is 22.6. The lowest BCUT2D eigenvalue weighted by Gasteiger charge is -2.48. The summed E-state index contributed by atoms with van der Waals surface area (Å²) in [6.07, 6.45) is 11.4. The molecule has 3 aromatic rings. The fraction of sp³-hybridized carbons (Fsp3) is 0.304. The topological polar surface area (TPSA) is 79.6 Å². The summed E-state index contributed by atoms with van der Waals surface area (Å²) in [7, 11) is 0. The van der Waals surface area contributed by atoms with E-state index in [9.17, 15) is 9.59 Å². The number of rotatable bonds is 4. The van der Waals surface area contributed by atoms with Gasteiger partial charge in [-0.2, -0.15) is 0 Å². The molecule has 1 aromatic carbocycles. The standard InChI is InChI=1S/C23H21Br2N5O2/c24-16-5-1-14(2-6-16)4-8-22(31)30-11-15-3-7-18(30)17(9-15)23(32)28-20-13-29-12-19(25)26-10-21(29)27-20/h1-2,4-6,8,10,12-13,15,17-18H,3,7,9,11H2,(H,28,32)/b8-4+/t15-,17-,18+/m1/s1. The molecule has 9 heteroatoms. The molecule has 164 valence electrons. The lowest BCUT2D eigenvalue weighted by Crippen LogP contribution is -2.57. The minimum absolute atomic E-state index is 0.0382. The van der Waals surface area contributed by atoms with Crippen LogP contribution in [-0.2, 0) is 9.59 Å². The maximum Gasteiger partial charge on any atom is 0.246 e. The monoisotopic (exact) mass is 557 g/mol. The third-order valence-electron chi connectivity index (χ3n) is 6.25. The number of piperidine rings is 2. The van der Waals surface area contributed by atoms with Gasteiger partial charge in [0, 0.05) is 29.3 Å². The van der Waals surface area contributed by atoms with E-state index in [-0.39, 0.29) is 23.8 Å². The predicted molar refractivity (Wildman–Crippen MR) is 129 cm³/mol. The maximum absolute atomic E-state index is 13.1. The van der Waals surface area contributed by atoms with Crippen LogP contribution < -0.4 is 5.32 Å². The Bertz CT molecular complexity index is 1210. The van der Waals surface area contributed by atoms with Crippen molar-refractivity contribution in [3.63, 3.8) is 0 Å². The first kappa shape index (κ1) is 21.3. The second kappa shape index (κ2) is 8.78. The van der Waals surface area contributed by atoms with Crippen molar-refractivity contribution in [1.82, 2.24) is 19.3 Å². The van der Waals surface area contributed by atoms with Crippen LogP contribution in [0.25, 0.3) is 11.7 Å². The van der Waals surface area contributed by atoms with Crippen molar-refractivity contribution in [2.45, 2.75) is 25.3 Å². The average molecular weight is 559 g/mol. The number of fused-ring (bicyclic) bond motifs is 4. The van der Waals surface area contributed by atoms with Gasteiger partial charge in [-0.15, -0.1) is 0 Å². The zero-order valence-electron chi connectivity index (χ0n) is 17.1. The van der Waals surface area contributed by atoms with Crippen LogP contribution in [0.5, 0.6) is 0 Å². The van der Waals surface area contributed by atoms with E-state index in [1.54, 1.807) is 24.7 Å². The van der Waals surface area contributed by atoms with Gasteiger partial charge in [0.25, 0.3) is 0 Å². The van der Waals surface area contributed by atoms with Gasteiger partial charge >= 0.3 is 0 Å². The number of carbonyl (C=O) groups is 2. The molecular formula is C23H21Br2N5O2. The van der Waals surface area contributed by atoms with Crippen molar-refractivity contribution in [2.75, 3.05) is 11.9 Å². The van der Waals surface area contributed by atoms with Crippen LogP contribution in [0.3, 0.4) is 0 Å². The van der Waals surface area contributed by atoms with Gasteiger partial charge in [0.15, 0.2) is 11.5 Å². The molecule has 0 unspecified atom stereocenters. The maximum atomic E-state index is 13.1. The summed E-state index contributed by atoms with van der Waals surface area (Å²) >= 11 is 6.75. The molecule has 1 N–H and O–H groups in total. The smallest absolute Gasteiger partial charge is 0.246 e. The molecule has 2 aromatic heterocycles. The second-order valence-electron chi connectivity index (χ2n) is 8.32. The number of nitrogens with zero attached hydrogens (tertiary/aromatic N) is 4. The zero-order chi connectivity index (χ0) is 22.2. The van der Waals surface area contributed by atoms with Crippen LogP contribution in [0.1, 0.15) is 24.8 Å². The number of hydrogen-bond donors (Lipinski definition) is 1. The Kier molecular flexibility index (Phi) is 5.86. The molecule has 3 fully saturated rings. The number of carbonyl (C=O) groups excluding carboxylic acids is 2. The first-order chi connectivity index (χ1) is 15.5. The molecule has 2 bridgehead atoms. The van der Waals surface area contributed by atoms with Crippen molar-refractivity contribution in [3.8, 4) is 0 Å². The van der Waals surface area contributed by atoms with E-state index < -0.39 is 0 Å². The SMILES string of the molecule is O=C(Nc1cn2cc(Br)ncc2n1)[C@@H]1C[C@H]2CC[C@@H]1N(C(=O)/C=C/c1ccc(Br)cc1)C2. The molecule has 4 heterocycles. The molecule has 32 heavy (non-hydrogen) atoms. The highest BCUT2D eigenvalue weighted by atomic mass is 79.9. The molecule has 2 saturated heterocycles. The van der Waals surface area contributed by atoms with E-state index >= 15 is 0 Å². The molecule has 1 saturated carbocycles. The van der Waals surface area contributed by atoms with Crippen LogP contribution in [0, 0.1) is 11.8 Å². The predicted octanol–water partition coefficient (Wildman–Crippen LogP) is 4.53. The van der Waals surface area contributed by atoms with Gasteiger partial charge < -0.3 is 14.6 Å². The molecule has 3 atom stereocenters. The molecule has 2 aliphatic heterocycles. The Labute approximate surface area is 202 Å².